The summed E-state index contributed by atoms with van der Waals surface area (Å²) in [4.78, 5) is 11.8. The van der Waals surface area contributed by atoms with Crippen molar-refractivity contribution < 1.29 is 9.18 Å². The normalized spacial score (nSPS) is 12.0. The lowest BCUT2D eigenvalue weighted by Gasteiger charge is -2.13. The van der Waals surface area contributed by atoms with Crippen molar-refractivity contribution in [2.45, 2.75) is 110 Å². The molecule has 4 heteroatoms. The molecule has 30 heavy (non-hydrogen) atoms. The van der Waals surface area contributed by atoms with Crippen LogP contribution in [0.5, 0.6) is 0 Å². The number of urea groups is 1. The fourth-order valence-corrected chi connectivity index (χ4v) is 3.82. The maximum atomic E-state index is 13.5. The second kappa shape index (κ2) is 18.2. The van der Waals surface area contributed by atoms with E-state index >= 15 is 0 Å². The van der Waals surface area contributed by atoms with E-state index in [9.17, 15) is 9.18 Å². The van der Waals surface area contributed by atoms with Crippen molar-refractivity contribution in [3.63, 3.8) is 0 Å². The first-order chi connectivity index (χ1) is 14.6. The van der Waals surface area contributed by atoms with Crippen molar-refractivity contribution >= 4 is 11.7 Å². The molecule has 0 saturated carbocycles. The van der Waals surface area contributed by atoms with Crippen LogP contribution in [0.15, 0.2) is 24.3 Å². The minimum atomic E-state index is -0.413. The molecule has 2 N–H and O–H groups in total. The zero-order valence-electron chi connectivity index (χ0n) is 19.5. The molecule has 0 fully saturated rings. The van der Waals surface area contributed by atoms with Crippen LogP contribution in [0, 0.1) is 11.7 Å². The summed E-state index contributed by atoms with van der Waals surface area (Å²) >= 11 is 0. The Labute approximate surface area is 184 Å². The van der Waals surface area contributed by atoms with Crippen LogP contribution in [0.1, 0.15) is 110 Å². The van der Waals surface area contributed by atoms with Gasteiger partial charge in [0, 0.05) is 6.54 Å². The molecule has 0 saturated heterocycles. The van der Waals surface area contributed by atoms with Crippen molar-refractivity contribution in [1.29, 1.82) is 0 Å². The summed E-state index contributed by atoms with van der Waals surface area (Å²) in [6, 6.07) is 5.88. The fourth-order valence-electron chi connectivity index (χ4n) is 3.82. The number of nitrogens with one attached hydrogen (secondary N) is 2. The summed E-state index contributed by atoms with van der Waals surface area (Å²) < 4.78 is 13.5. The van der Waals surface area contributed by atoms with Gasteiger partial charge in [-0.1, -0.05) is 116 Å². The van der Waals surface area contributed by atoms with E-state index in [-0.39, 0.29) is 11.7 Å². The second-order valence-electron chi connectivity index (χ2n) is 8.79. The van der Waals surface area contributed by atoms with Gasteiger partial charge in [0.15, 0.2) is 0 Å². The van der Waals surface area contributed by atoms with Crippen molar-refractivity contribution in [2.24, 2.45) is 5.92 Å². The van der Waals surface area contributed by atoms with Gasteiger partial charge in [-0.2, -0.15) is 0 Å². The molecule has 1 atom stereocenters. The standard InChI is InChI=1S/C26H45FN2O/c1-3-4-5-6-7-8-9-10-11-12-13-14-15-18-23(2)21-22-28-26(30)29-25-20-17-16-19-24(25)27/h16-17,19-20,23H,3-15,18,21-22H2,1-2H3,(H2,28,29,30). The summed E-state index contributed by atoms with van der Waals surface area (Å²) in [6.07, 6.45) is 20.2. The fraction of sp³-hybridized carbons (Fsp3) is 0.731. The summed E-state index contributed by atoms with van der Waals surface area (Å²) in [5, 5.41) is 5.38. The van der Waals surface area contributed by atoms with Gasteiger partial charge in [-0.3, -0.25) is 0 Å². The summed E-state index contributed by atoms with van der Waals surface area (Å²) in [6.45, 7) is 5.15. The Morgan fingerprint density at radius 2 is 1.37 bits per heavy atom. The molecule has 0 heterocycles. The summed E-state index contributed by atoms with van der Waals surface area (Å²) in [7, 11) is 0. The molecule has 0 aliphatic rings. The van der Waals surface area contributed by atoms with Crippen molar-refractivity contribution in [3.8, 4) is 0 Å². The molecule has 2 amide bonds. The molecule has 0 spiro atoms. The smallest absolute Gasteiger partial charge is 0.319 e. The molecular formula is C26H45FN2O. The molecular weight excluding hydrogens is 375 g/mol. The number of benzene rings is 1. The number of para-hydroxylation sites is 1. The van der Waals surface area contributed by atoms with Crippen molar-refractivity contribution in [3.05, 3.63) is 30.1 Å². The number of unbranched alkanes of at least 4 members (excludes halogenated alkanes) is 12. The Bertz CT molecular complexity index is 550. The topological polar surface area (TPSA) is 41.1 Å². The van der Waals surface area contributed by atoms with Gasteiger partial charge in [-0.05, 0) is 24.5 Å². The van der Waals surface area contributed by atoms with Crippen LogP contribution in [0.3, 0.4) is 0 Å². The number of carbonyl (C=O) groups is 1. The third-order valence-electron chi connectivity index (χ3n) is 5.85. The Morgan fingerprint density at radius 3 is 1.93 bits per heavy atom. The number of hydrogen-bond donors (Lipinski definition) is 2. The maximum absolute atomic E-state index is 13.5. The molecule has 0 aliphatic heterocycles. The monoisotopic (exact) mass is 420 g/mol. The van der Waals surface area contributed by atoms with Crippen LogP contribution in [0.2, 0.25) is 0 Å². The lowest BCUT2D eigenvalue weighted by Crippen LogP contribution is -2.30. The average molecular weight is 421 g/mol. The van der Waals surface area contributed by atoms with E-state index in [1.807, 2.05) is 0 Å². The first-order valence-corrected chi connectivity index (χ1v) is 12.4. The lowest BCUT2D eigenvalue weighted by atomic mass is 9.98. The van der Waals surface area contributed by atoms with Gasteiger partial charge >= 0.3 is 6.03 Å². The highest BCUT2D eigenvalue weighted by atomic mass is 19.1. The van der Waals surface area contributed by atoms with E-state index in [0.29, 0.717) is 12.5 Å². The minimum absolute atomic E-state index is 0.218. The SMILES string of the molecule is CCCCCCCCCCCCCCCC(C)CCNC(=O)Nc1ccccc1F. The molecule has 0 radical (unpaired) electrons. The molecule has 0 aliphatic carbocycles. The predicted octanol–water partition coefficient (Wildman–Crippen LogP) is 8.45. The molecule has 1 unspecified atom stereocenters. The van der Waals surface area contributed by atoms with Gasteiger partial charge in [0.1, 0.15) is 5.82 Å². The summed E-state index contributed by atoms with van der Waals surface area (Å²) in [5.74, 6) is 0.190. The largest absolute Gasteiger partial charge is 0.338 e. The van der Waals surface area contributed by atoms with E-state index in [4.69, 9.17) is 0 Å². The molecule has 3 nitrogen and oxygen atoms in total. The first-order valence-electron chi connectivity index (χ1n) is 12.4. The first kappa shape index (κ1) is 26.5. The molecule has 1 aromatic rings. The van der Waals surface area contributed by atoms with E-state index in [2.05, 4.69) is 24.5 Å². The molecule has 1 aromatic carbocycles. The molecule has 172 valence electrons. The van der Waals surface area contributed by atoms with E-state index in [1.54, 1.807) is 18.2 Å². The van der Waals surface area contributed by atoms with Gasteiger partial charge in [0.25, 0.3) is 0 Å². The van der Waals surface area contributed by atoms with Crippen LogP contribution in [-0.2, 0) is 0 Å². The van der Waals surface area contributed by atoms with Crippen LogP contribution in [0.25, 0.3) is 0 Å². The van der Waals surface area contributed by atoms with Crippen LogP contribution < -0.4 is 10.6 Å². The van der Waals surface area contributed by atoms with Gasteiger partial charge in [-0.15, -0.1) is 0 Å². The number of anilines is 1. The third kappa shape index (κ3) is 14.4. The van der Waals surface area contributed by atoms with E-state index < -0.39 is 5.82 Å². The van der Waals surface area contributed by atoms with Gasteiger partial charge in [-0.25, -0.2) is 9.18 Å². The Kier molecular flexibility index (Phi) is 16.1. The Balaban J connectivity index is 1.88. The number of rotatable bonds is 18. The van der Waals surface area contributed by atoms with Crippen molar-refractivity contribution in [1.82, 2.24) is 5.32 Å². The zero-order valence-corrected chi connectivity index (χ0v) is 19.5. The number of halogens is 1. The average Bonchev–Trinajstić information content (AvgIpc) is 2.73. The second-order valence-corrected chi connectivity index (χ2v) is 8.79. The summed E-state index contributed by atoms with van der Waals surface area (Å²) in [5.41, 5.74) is 0.218. The van der Waals surface area contributed by atoms with E-state index in [1.165, 1.54) is 96.0 Å². The highest BCUT2D eigenvalue weighted by Gasteiger charge is 2.07. The number of hydrogen-bond acceptors (Lipinski definition) is 1. The van der Waals surface area contributed by atoms with Gasteiger partial charge in [0.05, 0.1) is 5.69 Å². The Hall–Kier alpha value is -1.58. The zero-order chi connectivity index (χ0) is 21.9. The molecule has 0 bridgehead atoms. The molecule has 0 aromatic heterocycles. The minimum Gasteiger partial charge on any atom is -0.338 e. The van der Waals surface area contributed by atoms with E-state index in [0.717, 1.165) is 6.42 Å². The van der Waals surface area contributed by atoms with Gasteiger partial charge in [0.2, 0.25) is 0 Å². The van der Waals surface area contributed by atoms with Gasteiger partial charge < -0.3 is 10.6 Å². The quantitative estimate of drug-likeness (QED) is 0.230. The number of carbonyl (C=O) groups excluding carboxylic acids is 1. The predicted molar refractivity (Wildman–Crippen MR) is 128 cm³/mol. The highest BCUT2D eigenvalue weighted by molar-refractivity contribution is 5.89. The van der Waals surface area contributed by atoms with Crippen molar-refractivity contribution in [2.75, 3.05) is 11.9 Å². The maximum Gasteiger partial charge on any atom is 0.319 e. The molecule has 1 rings (SSSR count). The van der Waals surface area contributed by atoms with Crippen LogP contribution in [-0.4, -0.2) is 12.6 Å². The van der Waals surface area contributed by atoms with Crippen LogP contribution in [0.4, 0.5) is 14.9 Å². The Morgan fingerprint density at radius 1 is 0.833 bits per heavy atom. The highest BCUT2D eigenvalue weighted by Crippen LogP contribution is 2.16. The number of amides is 2. The van der Waals surface area contributed by atoms with Crippen LogP contribution >= 0.6 is 0 Å². The third-order valence-corrected chi connectivity index (χ3v) is 5.85. The lowest BCUT2D eigenvalue weighted by molar-refractivity contribution is 0.251.